The molecule has 1 N–H and O–H groups in total. The predicted octanol–water partition coefficient (Wildman–Crippen LogP) is 9.84. The molecule has 0 atom stereocenters. The molecule has 0 radical (unpaired) electrons. The van der Waals surface area contributed by atoms with Crippen molar-refractivity contribution >= 4 is 60.8 Å². The number of aromatic hydroxyl groups is 1. The maximum Gasteiger partial charge on any atom is 0.115 e. The van der Waals surface area contributed by atoms with Crippen LogP contribution in [0.4, 0.5) is 28.4 Å². The van der Waals surface area contributed by atoms with Gasteiger partial charge in [0.25, 0.3) is 0 Å². The van der Waals surface area contributed by atoms with Crippen LogP contribution in [0.2, 0.25) is 0 Å². The van der Waals surface area contributed by atoms with Gasteiger partial charge in [-0.05, 0) is 94.5 Å². The van der Waals surface area contributed by atoms with Crippen LogP contribution in [-0.2, 0) is 6.42 Å². The minimum atomic E-state index is 0.263. The number of rotatable bonds is 4. The summed E-state index contributed by atoms with van der Waals surface area (Å²) in [5.41, 5.74) is 7.23. The van der Waals surface area contributed by atoms with E-state index >= 15 is 0 Å². The number of anilines is 5. The maximum atomic E-state index is 10.0. The van der Waals surface area contributed by atoms with E-state index in [4.69, 9.17) is 0 Å². The van der Waals surface area contributed by atoms with Gasteiger partial charge in [-0.1, -0.05) is 72.8 Å². The largest absolute Gasteiger partial charge is 0.508 e. The molecule has 0 fully saturated rings. The highest BCUT2D eigenvalue weighted by Crippen LogP contribution is 2.46. The fourth-order valence-electron chi connectivity index (χ4n) is 6.59. The Hall–Kier alpha value is -5.02. The van der Waals surface area contributed by atoms with E-state index in [0.29, 0.717) is 0 Å². The second-order valence-corrected chi connectivity index (χ2v) is 10.7. The third-order valence-electron chi connectivity index (χ3n) is 8.38. The lowest BCUT2D eigenvalue weighted by atomic mass is 9.91. The van der Waals surface area contributed by atoms with Gasteiger partial charge >= 0.3 is 0 Å². The molecule has 1 heterocycles. The quantitative estimate of drug-likeness (QED) is 0.236. The molecular weight excluding hydrogens is 488 g/mol. The minimum absolute atomic E-state index is 0.263. The molecule has 0 unspecified atom stereocenters. The summed E-state index contributed by atoms with van der Waals surface area (Å²) < 4.78 is 0. The third kappa shape index (κ3) is 3.51. The predicted molar refractivity (Wildman–Crippen MR) is 168 cm³/mol. The number of phenolic OH excluding ortho intramolecular Hbond substituents is 1. The van der Waals surface area contributed by atoms with Crippen LogP contribution in [-0.4, -0.2) is 11.7 Å². The zero-order chi connectivity index (χ0) is 26.6. The van der Waals surface area contributed by atoms with Crippen molar-refractivity contribution in [1.29, 1.82) is 0 Å². The van der Waals surface area contributed by atoms with Gasteiger partial charge < -0.3 is 14.9 Å². The molecule has 8 rings (SSSR count). The Bertz CT molecular complexity index is 2000. The molecule has 1 aliphatic rings. The van der Waals surface area contributed by atoms with E-state index in [2.05, 4.69) is 107 Å². The van der Waals surface area contributed by atoms with Crippen LogP contribution < -0.4 is 9.80 Å². The van der Waals surface area contributed by atoms with Gasteiger partial charge in [0, 0.05) is 40.1 Å². The summed E-state index contributed by atoms with van der Waals surface area (Å²) in [6.07, 6.45) is 2.29. The molecule has 0 spiro atoms. The molecule has 0 amide bonds. The van der Waals surface area contributed by atoms with Crippen molar-refractivity contribution in [2.24, 2.45) is 0 Å². The van der Waals surface area contributed by atoms with Gasteiger partial charge in [0.05, 0.1) is 5.69 Å². The topological polar surface area (TPSA) is 26.7 Å². The smallest absolute Gasteiger partial charge is 0.115 e. The molecule has 192 valence electrons. The Morgan fingerprint density at radius 2 is 1.20 bits per heavy atom. The van der Waals surface area contributed by atoms with Gasteiger partial charge in [-0.25, -0.2) is 0 Å². The molecule has 3 heteroatoms. The summed E-state index contributed by atoms with van der Waals surface area (Å²) in [6, 6.07) is 44.9. The van der Waals surface area contributed by atoms with Crippen LogP contribution in [0.15, 0.2) is 127 Å². The van der Waals surface area contributed by atoms with E-state index in [1.165, 1.54) is 49.3 Å². The van der Waals surface area contributed by atoms with E-state index in [1.54, 1.807) is 12.1 Å². The zero-order valence-corrected chi connectivity index (χ0v) is 22.1. The highest BCUT2D eigenvalue weighted by Gasteiger charge is 2.23. The fraction of sp³-hybridized carbons (Fsp3) is 0.0811. The average Bonchev–Trinajstić information content (AvgIpc) is 3.01. The monoisotopic (exact) mass is 516 g/mol. The van der Waals surface area contributed by atoms with E-state index in [-0.39, 0.29) is 5.75 Å². The maximum absolute atomic E-state index is 10.0. The van der Waals surface area contributed by atoms with Crippen LogP contribution in [0.5, 0.6) is 5.75 Å². The highest BCUT2D eigenvalue weighted by atomic mass is 16.3. The number of nitrogens with zero attached hydrogens (tertiary/aromatic N) is 2. The molecule has 0 saturated heterocycles. The van der Waals surface area contributed by atoms with E-state index in [9.17, 15) is 5.11 Å². The summed E-state index contributed by atoms with van der Waals surface area (Å²) in [7, 11) is 0. The van der Waals surface area contributed by atoms with Gasteiger partial charge in [-0.3, -0.25) is 0 Å². The van der Waals surface area contributed by atoms with Crippen LogP contribution in [0.25, 0.3) is 32.3 Å². The Morgan fingerprint density at radius 1 is 0.550 bits per heavy atom. The first-order valence-electron chi connectivity index (χ1n) is 14.0. The molecule has 1 aliphatic heterocycles. The zero-order valence-electron chi connectivity index (χ0n) is 22.1. The van der Waals surface area contributed by atoms with Crippen molar-refractivity contribution in [3.8, 4) is 5.75 Å². The highest BCUT2D eigenvalue weighted by molar-refractivity contribution is 6.27. The third-order valence-corrected chi connectivity index (χ3v) is 8.38. The number of phenols is 1. The molecule has 0 bridgehead atoms. The average molecular weight is 517 g/mol. The van der Waals surface area contributed by atoms with Crippen molar-refractivity contribution in [2.75, 3.05) is 16.3 Å². The first kappa shape index (κ1) is 22.9. The summed E-state index contributed by atoms with van der Waals surface area (Å²) in [5.74, 6) is 0.263. The van der Waals surface area contributed by atoms with Crippen molar-refractivity contribution in [3.05, 3.63) is 133 Å². The lowest BCUT2D eigenvalue weighted by Gasteiger charge is -2.33. The van der Waals surface area contributed by atoms with Gasteiger partial charge in [-0.15, -0.1) is 0 Å². The Morgan fingerprint density at radius 3 is 2.02 bits per heavy atom. The lowest BCUT2D eigenvalue weighted by Crippen LogP contribution is -2.24. The minimum Gasteiger partial charge on any atom is -0.508 e. The summed E-state index contributed by atoms with van der Waals surface area (Å²) >= 11 is 0. The fourth-order valence-corrected chi connectivity index (χ4v) is 6.59. The van der Waals surface area contributed by atoms with Crippen molar-refractivity contribution in [1.82, 2.24) is 0 Å². The van der Waals surface area contributed by atoms with Crippen LogP contribution in [0.3, 0.4) is 0 Å². The normalized spacial score (nSPS) is 13.2. The van der Waals surface area contributed by atoms with Crippen LogP contribution in [0, 0.1) is 0 Å². The number of hydrogen-bond acceptors (Lipinski definition) is 3. The number of benzene rings is 7. The molecule has 7 aromatic carbocycles. The van der Waals surface area contributed by atoms with E-state index in [1.807, 2.05) is 18.2 Å². The number of hydrogen-bond donors (Lipinski definition) is 1. The molecule has 0 saturated carbocycles. The lowest BCUT2D eigenvalue weighted by molar-refractivity contribution is 0.475. The molecule has 0 aliphatic carbocycles. The van der Waals surface area contributed by atoms with Crippen molar-refractivity contribution in [2.45, 2.75) is 12.8 Å². The summed E-state index contributed by atoms with van der Waals surface area (Å²) in [6.45, 7) is 1.02. The van der Waals surface area contributed by atoms with Gasteiger partial charge in [0.1, 0.15) is 5.75 Å². The second kappa shape index (κ2) is 9.03. The molecule has 40 heavy (non-hydrogen) atoms. The standard InChI is InChI=1S/C37H28N2O/c40-30-18-16-29(17-19-30)39(28-9-2-1-3-10-28)35-23-15-27-12-20-31-34(22-14-26-13-21-32(35)37(27)36(26)31)38-24-6-8-25-7-4-5-11-33(25)38/h1-5,7,9-23,40H,6,8,24H2. The van der Waals surface area contributed by atoms with Crippen LogP contribution >= 0.6 is 0 Å². The van der Waals surface area contributed by atoms with E-state index < -0.39 is 0 Å². The SMILES string of the molecule is Oc1ccc(N(c2ccccc2)c2ccc3ccc4c(N5CCCc6ccccc65)ccc5ccc2c3c54)cc1. The Kier molecular flexibility index (Phi) is 5.17. The molecule has 0 aromatic heterocycles. The molecule has 3 nitrogen and oxygen atoms in total. The first-order valence-corrected chi connectivity index (χ1v) is 14.0. The molecule has 7 aromatic rings. The number of para-hydroxylation sites is 2. The first-order chi connectivity index (χ1) is 19.8. The van der Waals surface area contributed by atoms with Gasteiger partial charge in [-0.2, -0.15) is 0 Å². The second-order valence-electron chi connectivity index (χ2n) is 10.7. The van der Waals surface area contributed by atoms with E-state index in [0.717, 1.165) is 36.4 Å². The van der Waals surface area contributed by atoms with Crippen molar-refractivity contribution in [3.63, 3.8) is 0 Å². The summed E-state index contributed by atoms with van der Waals surface area (Å²) in [5, 5.41) is 17.6. The van der Waals surface area contributed by atoms with Crippen molar-refractivity contribution < 1.29 is 5.11 Å². The Labute approximate surface area is 233 Å². The van der Waals surface area contributed by atoms with Crippen LogP contribution in [0.1, 0.15) is 12.0 Å². The molecular formula is C37H28N2O. The number of aryl methyl sites for hydroxylation is 1. The van der Waals surface area contributed by atoms with Gasteiger partial charge in [0.15, 0.2) is 0 Å². The Balaban J connectivity index is 1.39. The number of fused-ring (bicyclic) bond motifs is 1. The summed E-state index contributed by atoms with van der Waals surface area (Å²) in [4.78, 5) is 4.80. The van der Waals surface area contributed by atoms with Gasteiger partial charge in [0.2, 0.25) is 0 Å².